The molecule has 0 atom stereocenters. The van der Waals surface area contributed by atoms with E-state index in [4.69, 9.17) is 60.8 Å². The van der Waals surface area contributed by atoms with Crippen molar-refractivity contribution in [2.24, 2.45) is 11.5 Å². The van der Waals surface area contributed by atoms with Crippen molar-refractivity contribution < 1.29 is 67.6 Å². The summed E-state index contributed by atoms with van der Waals surface area (Å²) < 4.78 is 44.1. The monoisotopic (exact) mass is 648 g/mol. The lowest BCUT2D eigenvalue weighted by molar-refractivity contribution is 0.264. The first-order valence-corrected chi connectivity index (χ1v) is 17.6. The van der Waals surface area contributed by atoms with E-state index < -0.39 is 55.5 Å². The first-order valence-electron chi connectivity index (χ1n) is 10.4. The van der Waals surface area contributed by atoms with Crippen molar-refractivity contribution in [1.29, 1.82) is 0 Å². The number of rotatable bonds is 17. The first kappa shape index (κ1) is 48.0. The number of aliphatic hydroxyl groups is 2. The average molecular weight is 648 g/mol. The van der Waals surface area contributed by atoms with Crippen LogP contribution in [0.15, 0.2) is 0 Å². The summed E-state index contributed by atoms with van der Waals surface area (Å²) in [6.07, 6.45) is -1.55. The molecule has 0 spiro atoms. The highest BCUT2D eigenvalue weighted by Gasteiger charge is 2.26. The lowest BCUT2D eigenvalue weighted by Gasteiger charge is -2.23. The van der Waals surface area contributed by atoms with E-state index in [0.717, 1.165) is 9.80 Å². The molecule has 0 aromatic heterocycles. The highest BCUT2D eigenvalue weighted by molar-refractivity contribution is 7.53. The van der Waals surface area contributed by atoms with Crippen molar-refractivity contribution in [2.75, 3.05) is 64.5 Å². The van der Waals surface area contributed by atoms with Crippen LogP contribution in [-0.4, -0.2) is 124 Å². The van der Waals surface area contributed by atoms with Gasteiger partial charge in [0.15, 0.2) is 0 Å². The Labute approximate surface area is 222 Å². The Morgan fingerprint density at radius 2 is 0.658 bits per heavy atom. The molecule has 0 aliphatic heterocycles. The first-order chi connectivity index (χ1) is 16.2. The molecule has 0 aliphatic rings. The van der Waals surface area contributed by atoms with Gasteiger partial charge in [-0.1, -0.05) is 12.8 Å². The molecule has 0 amide bonds. The van der Waals surface area contributed by atoms with Gasteiger partial charge in [-0.15, -0.1) is 0 Å². The summed E-state index contributed by atoms with van der Waals surface area (Å²) >= 11 is 0. The summed E-state index contributed by atoms with van der Waals surface area (Å²) in [5.74, 6) is 0. The maximum absolute atomic E-state index is 11.0. The van der Waals surface area contributed by atoms with Crippen molar-refractivity contribution in [1.82, 2.24) is 22.1 Å². The molecule has 0 saturated heterocycles. The zero-order chi connectivity index (χ0) is 29.1. The fraction of sp³-hybridized carbons (Fsp3) is 1.00. The van der Waals surface area contributed by atoms with Crippen molar-refractivity contribution in [2.45, 2.75) is 25.7 Å². The molecule has 20 nitrogen and oxygen atoms in total. The van der Waals surface area contributed by atoms with Gasteiger partial charge in [0.25, 0.3) is 0 Å². The van der Waals surface area contributed by atoms with E-state index in [9.17, 15) is 18.3 Å². The molecule has 0 bridgehead atoms. The van der Waals surface area contributed by atoms with Crippen LogP contribution in [0.5, 0.6) is 0 Å². The molecule has 0 rings (SSSR count). The van der Waals surface area contributed by atoms with Gasteiger partial charge in [0, 0.05) is 13.1 Å². The molecule has 0 heterocycles. The Morgan fingerprint density at radius 3 is 0.789 bits per heavy atom. The fourth-order valence-corrected chi connectivity index (χ4v) is 5.80. The van der Waals surface area contributed by atoms with Gasteiger partial charge in [-0.25, -0.2) is 0 Å². The SMILES string of the molecule is N.N.NCCO.NCCO.O=P(O)(O)CN(CCCCCCN(CP(=O)(O)O)CP(=O)(O)O)CP(=O)(O)O. The lowest BCUT2D eigenvalue weighted by Crippen LogP contribution is -2.28. The summed E-state index contributed by atoms with van der Waals surface area (Å²) in [7, 11) is -18.0. The zero-order valence-electron chi connectivity index (χ0n) is 21.3. The van der Waals surface area contributed by atoms with E-state index in [-0.39, 0.29) is 38.6 Å². The van der Waals surface area contributed by atoms with E-state index >= 15 is 0 Å². The number of hydrogen-bond donors (Lipinski definition) is 14. The van der Waals surface area contributed by atoms with Crippen molar-refractivity contribution in [3.63, 3.8) is 0 Å². The van der Waals surface area contributed by atoms with Crippen LogP contribution in [0, 0.1) is 0 Å². The quantitative estimate of drug-likeness (QED) is 0.0592. The van der Waals surface area contributed by atoms with Crippen LogP contribution in [0.25, 0.3) is 0 Å². The third-order valence-electron chi connectivity index (χ3n) is 3.49. The third kappa shape index (κ3) is 46.2. The molecular weight excluding hydrogens is 600 g/mol. The average Bonchev–Trinajstić information content (AvgIpc) is 2.65. The molecular formula is C14H48N6O14P4. The second kappa shape index (κ2) is 25.0. The van der Waals surface area contributed by atoms with Crippen LogP contribution < -0.4 is 23.8 Å². The summed E-state index contributed by atoms with van der Waals surface area (Å²) in [5, 5.41) is 15.5. The Kier molecular flexibility index (Phi) is 31.6. The fourth-order valence-electron chi connectivity index (χ4n) is 2.44. The van der Waals surface area contributed by atoms with Crippen molar-refractivity contribution in [3.8, 4) is 0 Å². The van der Waals surface area contributed by atoms with E-state index in [1.165, 1.54) is 0 Å². The Balaban J connectivity index is -0.000000316. The zero-order valence-corrected chi connectivity index (χ0v) is 24.8. The number of nitrogens with zero attached hydrogens (tertiary/aromatic N) is 2. The van der Waals surface area contributed by atoms with Crippen LogP contribution in [0.4, 0.5) is 0 Å². The maximum Gasteiger partial charge on any atom is 0.339 e. The van der Waals surface area contributed by atoms with Gasteiger partial charge >= 0.3 is 30.4 Å². The van der Waals surface area contributed by atoms with Crippen molar-refractivity contribution in [3.05, 3.63) is 0 Å². The summed E-state index contributed by atoms with van der Waals surface area (Å²) in [6.45, 7) is 0.982. The highest BCUT2D eigenvalue weighted by atomic mass is 31.2. The van der Waals surface area contributed by atoms with Gasteiger partial charge in [-0.3, -0.25) is 28.1 Å². The van der Waals surface area contributed by atoms with Gasteiger partial charge in [-0.05, 0) is 25.9 Å². The van der Waals surface area contributed by atoms with Crippen LogP contribution in [0.2, 0.25) is 0 Å². The minimum absolute atomic E-state index is 0. The Hall–Kier alpha value is 0.280. The second-order valence-corrected chi connectivity index (χ2v) is 13.9. The summed E-state index contributed by atoms with van der Waals surface area (Å²) in [5.41, 5.74) is 9.56. The molecule has 0 radical (unpaired) electrons. The van der Waals surface area contributed by atoms with Crippen LogP contribution in [0.3, 0.4) is 0 Å². The third-order valence-corrected chi connectivity index (χ3v) is 6.57. The van der Waals surface area contributed by atoms with E-state index in [2.05, 4.69) is 0 Å². The number of aliphatic hydroxyl groups excluding tert-OH is 2. The van der Waals surface area contributed by atoms with Gasteiger partial charge in [0.2, 0.25) is 0 Å². The van der Waals surface area contributed by atoms with Gasteiger partial charge in [-0.2, -0.15) is 0 Å². The highest BCUT2D eigenvalue weighted by Crippen LogP contribution is 2.42. The largest absolute Gasteiger partial charge is 0.395 e. The number of hydrogen-bond acceptors (Lipinski definition) is 12. The van der Waals surface area contributed by atoms with E-state index in [1.807, 2.05) is 0 Å². The molecule has 0 saturated carbocycles. The number of unbranched alkanes of at least 4 members (excludes halogenated alkanes) is 3. The standard InChI is InChI=1S/C10H28N2O12P4.2C2H7NO.2H3N/c13-25(14,15)7-11(8-26(16,17)18)5-3-1-2-4-6-12(9-27(19,20)21)10-28(22,23)24;2*3-1-2-4;;/h1-10H2,(H2,13,14,15)(H2,16,17,18)(H2,19,20,21)(H2,22,23,24);2*4H,1-3H2;2*1H3. The van der Waals surface area contributed by atoms with Gasteiger partial charge < -0.3 is 73.1 Å². The molecule has 0 aromatic rings. The lowest BCUT2D eigenvalue weighted by atomic mass is 10.2. The molecule has 238 valence electrons. The second-order valence-electron chi connectivity index (χ2n) is 7.45. The van der Waals surface area contributed by atoms with Gasteiger partial charge in [0.05, 0.1) is 13.2 Å². The predicted octanol–water partition coefficient (Wildman–Crippen LogP) is -2.11. The molecule has 20 N–H and O–H groups in total. The van der Waals surface area contributed by atoms with Crippen LogP contribution >= 0.6 is 30.4 Å². The Bertz CT molecular complexity index is 618. The topological polar surface area (TPSA) is 399 Å². The molecule has 0 aromatic carbocycles. The molecule has 38 heavy (non-hydrogen) atoms. The number of nitrogens with two attached hydrogens (primary N) is 2. The molecule has 0 unspecified atom stereocenters. The smallest absolute Gasteiger partial charge is 0.339 e. The van der Waals surface area contributed by atoms with Crippen LogP contribution in [0.1, 0.15) is 25.7 Å². The Morgan fingerprint density at radius 1 is 0.474 bits per heavy atom. The maximum atomic E-state index is 11.0. The van der Waals surface area contributed by atoms with Gasteiger partial charge in [0.1, 0.15) is 25.1 Å². The summed E-state index contributed by atoms with van der Waals surface area (Å²) in [4.78, 5) is 73.6. The van der Waals surface area contributed by atoms with E-state index in [1.54, 1.807) is 0 Å². The molecule has 0 aliphatic carbocycles. The summed E-state index contributed by atoms with van der Waals surface area (Å²) in [6, 6.07) is 0. The normalized spacial score (nSPS) is 12.1. The molecule has 24 heteroatoms. The molecule has 0 fully saturated rings. The minimum atomic E-state index is -4.49. The predicted molar refractivity (Wildman–Crippen MR) is 142 cm³/mol. The minimum Gasteiger partial charge on any atom is -0.395 e. The van der Waals surface area contributed by atoms with Crippen molar-refractivity contribution >= 4 is 30.4 Å². The van der Waals surface area contributed by atoms with Crippen LogP contribution in [-0.2, 0) is 18.3 Å². The van der Waals surface area contributed by atoms with E-state index in [0.29, 0.717) is 38.8 Å².